The number of ether oxygens (including phenoxy) is 3. The van der Waals surface area contributed by atoms with E-state index in [2.05, 4.69) is 30.4 Å². The molecule has 4 rings (SSSR count). The first-order valence-corrected chi connectivity index (χ1v) is 10.5. The van der Waals surface area contributed by atoms with Crippen molar-refractivity contribution in [2.75, 3.05) is 43.5 Å². The molecule has 180 valence electrons. The molecule has 34 heavy (non-hydrogen) atoms. The smallest absolute Gasteiger partial charge is 0.402 e. The largest absolute Gasteiger partial charge is 0.586 e. The van der Waals surface area contributed by atoms with Gasteiger partial charge in [-0.15, -0.1) is 8.78 Å². The number of hydrogen-bond acceptors (Lipinski definition) is 8. The van der Waals surface area contributed by atoms with Crippen LogP contribution in [0.2, 0.25) is 0 Å². The lowest BCUT2D eigenvalue weighted by Crippen LogP contribution is -2.41. The van der Waals surface area contributed by atoms with E-state index in [1.807, 2.05) is 4.90 Å². The number of alkyl halides is 2. The van der Waals surface area contributed by atoms with Gasteiger partial charge in [-0.05, 0) is 29.8 Å². The van der Waals surface area contributed by atoms with Crippen molar-refractivity contribution >= 4 is 23.3 Å². The third-order valence-corrected chi connectivity index (χ3v) is 4.99. The van der Waals surface area contributed by atoms with Crippen LogP contribution >= 0.6 is 0 Å². The number of pyridine rings is 1. The summed E-state index contributed by atoms with van der Waals surface area (Å²) in [7, 11) is 0. The molecule has 1 aromatic carbocycles. The Balaban J connectivity index is 1.34. The Kier molecular flexibility index (Phi) is 7.18. The van der Waals surface area contributed by atoms with Crippen LogP contribution < -0.4 is 16.0 Å². The number of nitrogens with zero attached hydrogens (tertiary/aromatic N) is 2. The molecule has 10 nitrogen and oxygen atoms in total. The molecule has 0 radical (unpaired) electrons. The Morgan fingerprint density at radius 1 is 1.12 bits per heavy atom. The van der Waals surface area contributed by atoms with Crippen molar-refractivity contribution in [3.05, 3.63) is 65.9 Å². The van der Waals surface area contributed by atoms with Crippen LogP contribution in [-0.2, 0) is 25.5 Å². The van der Waals surface area contributed by atoms with Crippen molar-refractivity contribution in [1.29, 1.82) is 0 Å². The summed E-state index contributed by atoms with van der Waals surface area (Å²) in [6, 6.07) is 10.1. The van der Waals surface area contributed by atoms with Crippen molar-refractivity contribution < 1.29 is 32.6 Å². The van der Waals surface area contributed by atoms with Crippen molar-refractivity contribution in [1.82, 2.24) is 15.2 Å². The Bertz CT molecular complexity index is 1080. The third-order valence-electron chi connectivity index (χ3n) is 4.99. The van der Waals surface area contributed by atoms with Crippen LogP contribution in [0, 0.1) is 0 Å². The average Bonchev–Trinajstić information content (AvgIpc) is 3.16. The molecule has 2 aromatic rings. The van der Waals surface area contributed by atoms with Crippen molar-refractivity contribution in [2.24, 2.45) is 0 Å². The van der Waals surface area contributed by atoms with Crippen LogP contribution in [0.25, 0.3) is 0 Å². The number of carbonyl (C=O) groups excluding carboxylic acids is 2. The molecule has 0 atom stereocenters. The van der Waals surface area contributed by atoms with Crippen molar-refractivity contribution in [2.45, 2.75) is 12.8 Å². The molecule has 1 aromatic heterocycles. The number of hydrogen-bond donors (Lipinski definition) is 3. The topological polar surface area (TPSA) is 114 Å². The number of benzene rings is 1. The lowest BCUT2D eigenvalue weighted by molar-refractivity contribution is -0.334. The highest BCUT2D eigenvalue weighted by Gasteiger charge is 2.41. The van der Waals surface area contributed by atoms with Gasteiger partial charge >= 0.3 is 6.29 Å². The first-order valence-electron chi connectivity index (χ1n) is 10.5. The maximum absolute atomic E-state index is 13.0. The Labute approximate surface area is 193 Å². The Hall–Kier alpha value is -3.77. The minimum atomic E-state index is -3.81. The molecule has 1 saturated heterocycles. The lowest BCUT2D eigenvalue weighted by atomic mass is 10.1. The van der Waals surface area contributed by atoms with E-state index >= 15 is 0 Å². The van der Waals surface area contributed by atoms with Crippen LogP contribution in [0.3, 0.4) is 0 Å². The maximum atomic E-state index is 13.0. The molecular formula is C22H23F2N5O5. The fourth-order valence-corrected chi connectivity index (χ4v) is 3.36. The maximum Gasteiger partial charge on any atom is 0.586 e. The Morgan fingerprint density at radius 2 is 1.91 bits per heavy atom. The van der Waals surface area contributed by atoms with Gasteiger partial charge in [-0.3, -0.25) is 19.8 Å². The molecular weight excluding hydrogens is 452 g/mol. The second-order valence-corrected chi connectivity index (χ2v) is 7.50. The predicted molar refractivity (Wildman–Crippen MR) is 117 cm³/mol. The highest BCUT2D eigenvalue weighted by Crippen LogP contribution is 2.27. The van der Waals surface area contributed by atoms with Gasteiger partial charge in [0, 0.05) is 31.5 Å². The van der Waals surface area contributed by atoms with Crippen LogP contribution in [0.15, 0.2) is 54.7 Å². The number of para-hydroxylation sites is 1. The van der Waals surface area contributed by atoms with E-state index in [1.165, 1.54) is 6.07 Å². The number of nitrogens with one attached hydrogen (secondary N) is 3. The van der Waals surface area contributed by atoms with Crippen LogP contribution in [-0.4, -0.2) is 60.8 Å². The fraction of sp³-hybridized carbons (Fsp3) is 0.318. The van der Waals surface area contributed by atoms with Gasteiger partial charge in [0.05, 0.1) is 25.3 Å². The number of amides is 2. The number of morpholine rings is 1. The van der Waals surface area contributed by atoms with Crippen molar-refractivity contribution in [3.8, 4) is 0 Å². The average molecular weight is 475 g/mol. The first-order chi connectivity index (χ1) is 16.4. The normalized spacial score (nSPS) is 17.2. The van der Waals surface area contributed by atoms with Crippen LogP contribution in [0.5, 0.6) is 0 Å². The molecule has 0 aliphatic carbocycles. The summed E-state index contributed by atoms with van der Waals surface area (Å²) in [5, 5.41) is 8.16. The minimum Gasteiger partial charge on any atom is -0.402 e. The summed E-state index contributed by atoms with van der Waals surface area (Å²) in [6.07, 6.45) is -1.60. The van der Waals surface area contributed by atoms with Gasteiger partial charge in [0.2, 0.25) is 11.8 Å². The second kappa shape index (κ2) is 10.4. The first kappa shape index (κ1) is 23.4. The van der Waals surface area contributed by atoms with Gasteiger partial charge in [-0.1, -0.05) is 12.1 Å². The summed E-state index contributed by atoms with van der Waals surface area (Å²) in [5.41, 5.74) is 1.50. The van der Waals surface area contributed by atoms with Gasteiger partial charge in [-0.2, -0.15) is 0 Å². The molecule has 0 saturated carbocycles. The SMILES string of the molecule is O=C(CN1CCOCC1)Nc1cc(CNc2ccccc2C(=O)NC2=COC(F)(F)O2)ccn1. The van der Waals surface area contributed by atoms with Gasteiger partial charge in [-0.25, -0.2) is 4.98 Å². The van der Waals surface area contributed by atoms with E-state index in [9.17, 15) is 18.4 Å². The summed E-state index contributed by atoms with van der Waals surface area (Å²) < 4.78 is 39.4. The van der Waals surface area contributed by atoms with Gasteiger partial charge in [0.15, 0.2) is 6.26 Å². The van der Waals surface area contributed by atoms with Gasteiger partial charge < -0.3 is 24.8 Å². The summed E-state index contributed by atoms with van der Waals surface area (Å²) in [6.45, 7) is 3.20. The minimum absolute atomic E-state index is 0.167. The molecule has 0 unspecified atom stereocenters. The monoisotopic (exact) mass is 475 g/mol. The van der Waals surface area contributed by atoms with E-state index < -0.39 is 18.1 Å². The zero-order valence-corrected chi connectivity index (χ0v) is 18.1. The number of carbonyl (C=O) groups is 2. The van der Waals surface area contributed by atoms with Gasteiger partial charge in [0.1, 0.15) is 5.82 Å². The Morgan fingerprint density at radius 3 is 2.68 bits per heavy atom. The van der Waals surface area contributed by atoms with E-state index in [0.717, 1.165) is 5.56 Å². The molecule has 2 aliphatic rings. The molecule has 12 heteroatoms. The van der Waals surface area contributed by atoms with E-state index in [1.54, 1.807) is 36.5 Å². The van der Waals surface area contributed by atoms with Crippen LogP contribution in [0.4, 0.5) is 20.3 Å². The molecule has 0 bridgehead atoms. The van der Waals surface area contributed by atoms with E-state index in [4.69, 9.17) is 4.74 Å². The lowest BCUT2D eigenvalue weighted by Gasteiger charge is -2.25. The number of halogens is 2. The fourth-order valence-electron chi connectivity index (χ4n) is 3.36. The zero-order chi connectivity index (χ0) is 24.0. The van der Waals surface area contributed by atoms with Crippen LogP contribution in [0.1, 0.15) is 15.9 Å². The summed E-state index contributed by atoms with van der Waals surface area (Å²) in [4.78, 5) is 31.0. The second-order valence-electron chi connectivity index (χ2n) is 7.50. The molecule has 2 amide bonds. The van der Waals surface area contributed by atoms with E-state index in [-0.39, 0.29) is 18.0 Å². The molecule has 3 heterocycles. The summed E-state index contributed by atoms with van der Waals surface area (Å²) in [5.74, 6) is -0.896. The standard InChI is InChI=1S/C22H23F2N5O5/c23-22(24)33-14-20(34-22)28-21(31)16-3-1-2-4-17(16)26-12-15-5-6-25-18(11-15)27-19(30)13-29-7-9-32-10-8-29/h1-6,11,14,26H,7-10,12-13H2,(H,28,31)(H,25,27,30). The quantitative estimate of drug-likeness (QED) is 0.532. The predicted octanol–water partition coefficient (Wildman–Crippen LogP) is 2.09. The zero-order valence-electron chi connectivity index (χ0n) is 18.1. The van der Waals surface area contributed by atoms with E-state index in [0.29, 0.717) is 50.6 Å². The number of rotatable bonds is 8. The number of anilines is 2. The summed E-state index contributed by atoms with van der Waals surface area (Å²) >= 11 is 0. The number of aromatic nitrogens is 1. The van der Waals surface area contributed by atoms with Crippen molar-refractivity contribution in [3.63, 3.8) is 0 Å². The third kappa shape index (κ3) is 6.39. The highest BCUT2D eigenvalue weighted by molar-refractivity contribution is 6.00. The van der Waals surface area contributed by atoms with Gasteiger partial charge in [0.25, 0.3) is 5.91 Å². The molecule has 2 aliphatic heterocycles. The molecule has 0 spiro atoms. The molecule has 1 fully saturated rings. The molecule has 3 N–H and O–H groups in total. The highest BCUT2D eigenvalue weighted by atomic mass is 19.3.